The Balaban J connectivity index is 1.74. The molecule has 3 aromatic carbocycles. The summed E-state index contributed by atoms with van der Waals surface area (Å²) in [5.74, 6) is 1.96. The standard InChI is InChI=1S/C27H28N2O7/c1-17-9-10-19(13-21(17)29(31)32)27(30)28-12-11-18-14-25(34-3)26(35-4)15-20(18)22(28)16-36-24-8-6-5-7-23(24)33-2/h5-10,13-15,22H,11-12,16H2,1-4H3/t22-/m0/s1. The van der Waals surface area contributed by atoms with Crippen molar-refractivity contribution in [3.05, 3.63) is 87.0 Å². The number of hydrogen-bond acceptors (Lipinski definition) is 7. The Bertz CT molecular complexity index is 1290. The summed E-state index contributed by atoms with van der Waals surface area (Å²) < 4.78 is 22.6. The molecule has 0 N–H and O–H groups in total. The molecule has 3 aromatic rings. The Morgan fingerprint density at radius 2 is 1.64 bits per heavy atom. The number of methoxy groups -OCH3 is 3. The third-order valence-electron chi connectivity index (χ3n) is 6.38. The van der Waals surface area contributed by atoms with E-state index >= 15 is 0 Å². The molecule has 1 aliphatic rings. The third-order valence-corrected chi connectivity index (χ3v) is 6.38. The van der Waals surface area contributed by atoms with Crippen molar-refractivity contribution in [2.45, 2.75) is 19.4 Å². The SMILES string of the molecule is COc1cc2c(cc1OC)[C@H](COc1ccccc1OC)N(C(=O)c1ccc(C)c([N+](=O)[O-])c1)CC2. The number of amides is 1. The lowest BCUT2D eigenvalue weighted by atomic mass is 9.91. The maximum atomic E-state index is 13.7. The van der Waals surface area contributed by atoms with Crippen LogP contribution in [0.15, 0.2) is 54.6 Å². The number of fused-ring (bicyclic) bond motifs is 1. The molecule has 1 amide bonds. The van der Waals surface area contributed by atoms with Crippen molar-refractivity contribution in [2.24, 2.45) is 0 Å². The van der Waals surface area contributed by atoms with Gasteiger partial charge in [0.1, 0.15) is 6.61 Å². The van der Waals surface area contributed by atoms with Gasteiger partial charge in [0.05, 0.1) is 32.3 Å². The fraction of sp³-hybridized carbons (Fsp3) is 0.296. The van der Waals surface area contributed by atoms with E-state index in [1.54, 1.807) is 57.4 Å². The lowest BCUT2D eigenvalue weighted by Gasteiger charge is -2.37. The van der Waals surface area contributed by atoms with Crippen molar-refractivity contribution < 1.29 is 28.7 Å². The maximum absolute atomic E-state index is 13.7. The second-order valence-corrected chi connectivity index (χ2v) is 8.39. The average molecular weight is 493 g/mol. The smallest absolute Gasteiger partial charge is 0.273 e. The number of nitrogens with zero attached hydrogens (tertiary/aromatic N) is 2. The fourth-order valence-electron chi connectivity index (χ4n) is 4.46. The van der Waals surface area contributed by atoms with Gasteiger partial charge in [-0.2, -0.15) is 0 Å². The van der Waals surface area contributed by atoms with E-state index in [1.807, 2.05) is 24.3 Å². The van der Waals surface area contributed by atoms with E-state index in [-0.39, 0.29) is 23.8 Å². The summed E-state index contributed by atoms with van der Waals surface area (Å²) >= 11 is 0. The van der Waals surface area contributed by atoms with Crippen LogP contribution in [0.25, 0.3) is 0 Å². The molecule has 36 heavy (non-hydrogen) atoms. The summed E-state index contributed by atoms with van der Waals surface area (Å²) in [5, 5.41) is 11.5. The van der Waals surface area contributed by atoms with E-state index in [1.165, 1.54) is 6.07 Å². The molecular formula is C27H28N2O7. The van der Waals surface area contributed by atoms with E-state index in [0.29, 0.717) is 41.5 Å². The molecule has 9 heteroatoms. The highest BCUT2D eigenvalue weighted by atomic mass is 16.6. The maximum Gasteiger partial charge on any atom is 0.273 e. The molecule has 1 atom stereocenters. The Morgan fingerprint density at radius 1 is 0.972 bits per heavy atom. The molecule has 0 bridgehead atoms. The van der Waals surface area contributed by atoms with Crippen LogP contribution in [0.1, 0.15) is 33.1 Å². The Morgan fingerprint density at radius 3 is 2.31 bits per heavy atom. The van der Waals surface area contributed by atoms with Gasteiger partial charge in [-0.15, -0.1) is 0 Å². The van der Waals surface area contributed by atoms with Crippen LogP contribution in [0.4, 0.5) is 5.69 Å². The normalized spacial score (nSPS) is 14.6. The van der Waals surface area contributed by atoms with Gasteiger partial charge in [-0.3, -0.25) is 14.9 Å². The van der Waals surface area contributed by atoms with Gasteiger partial charge in [-0.05, 0) is 54.8 Å². The number of aryl methyl sites for hydroxylation is 1. The highest BCUT2D eigenvalue weighted by molar-refractivity contribution is 5.95. The molecule has 4 rings (SSSR count). The lowest BCUT2D eigenvalue weighted by Crippen LogP contribution is -2.42. The van der Waals surface area contributed by atoms with Crippen molar-refractivity contribution in [2.75, 3.05) is 34.5 Å². The summed E-state index contributed by atoms with van der Waals surface area (Å²) in [6, 6.07) is 15.1. The predicted octanol–water partition coefficient (Wildman–Crippen LogP) is 4.75. The van der Waals surface area contributed by atoms with Crippen molar-refractivity contribution in [1.29, 1.82) is 0 Å². The number of benzene rings is 3. The first-order chi connectivity index (χ1) is 17.4. The molecule has 9 nitrogen and oxygen atoms in total. The van der Waals surface area contributed by atoms with Crippen LogP contribution in [-0.4, -0.2) is 50.2 Å². The Hall–Kier alpha value is -4.27. The minimum Gasteiger partial charge on any atom is -0.493 e. The zero-order valence-corrected chi connectivity index (χ0v) is 20.6. The van der Waals surface area contributed by atoms with Gasteiger partial charge in [0.2, 0.25) is 0 Å². The van der Waals surface area contributed by atoms with E-state index < -0.39 is 11.0 Å². The second-order valence-electron chi connectivity index (χ2n) is 8.39. The Labute approximate surface area is 209 Å². The lowest BCUT2D eigenvalue weighted by molar-refractivity contribution is -0.385. The number of ether oxygens (including phenoxy) is 4. The average Bonchev–Trinajstić information content (AvgIpc) is 2.90. The summed E-state index contributed by atoms with van der Waals surface area (Å²) in [5.41, 5.74) is 2.53. The molecule has 0 aliphatic carbocycles. The number of hydrogen-bond donors (Lipinski definition) is 0. The van der Waals surface area contributed by atoms with Crippen LogP contribution in [0.5, 0.6) is 23.0 Å². The van der Waals surface area contributed by atoms with Gasteiger partial charge in [0.25, 0.3) is 11.6 Å². The molecule has 188 valence electrons. The summed E-state index contributed by atoms with van der Waals surface area (Å²) in [6.45, 7) is 2.19. The van der Waals surface area contributed by atoms with E-state index in [0.717, 1.165) is 11.1 Å². The molecule has 0 saturated carbocycles. The molecule has 0 radical (unpaired) electrons. The largest absolute Gasteiger partial charge is 0.493 e. The highest BCUT2D eigenvalue weighted by Crippen LogP contribution is 2.39. The molecular weight excluding hydrogens is 464 g/mol. The van der Waals surface area contributed by atoms with Crippen molar-refractivity contribution >= 4 is 11.6 Å². The topological polar surface area (TPSA) is 100 Å². The number of nitro benzene ring substituents is 1. The van der Waals surface area contributed by atoms with Crippen LogP contribution in [-0.2, 0) is 6.42 Å². The molecule has 0 spiro atoms. The quantitative estimate of drug-likeness (QED) is 0.330. The molecule has 0 fully saturated rings. The second kappa shape index (κ2) is 10.6. The molecule has 0 aromatic heterocycles. The van der Waals surface area contributed by atoms with E-state index in [4.69, 9.17) is 18.9 Å². The van der Waals surface area contributed by atoms with Gasteiger partial charge >= 0.3 is 0 Å². The van der Waals surface area contributed by atoms with E-state index in [2.05, 4.69) is 0 Å². The first kappa shape index (κ1) is 24.8. The number of rotatable bonds is 8. The van der Waals surface area contributed by atoms with Crippen LogP contribution in [0, 0.1) is 17.0 Å². The number of para-hydroxylation sites is 2. The number of nitro groups is 1. The third kappa shape index (κ3) is 4.77. The van der Waals surface area contributed by atoms with Crippen LogP contribution < -0.4 is 18.9 Å². The predicted molar refractivity (Wildman–Crippen MR) is 133 cm³/mol. The van der Waals surface area contributed by atoms with Gasteiger partial charge in [-0.1, -0.05) is 18.2 Å². The van der Waals surface area contributed by atoms with Crippen LogP contribution in [0.3, 0.4) is 0 Å². The first-order valence-electron chi connectivity index (χ1n) is 11.4. The molecule has 0 unspecified atom stereocenters. The number of carbonyl (C=O) groups excluding carboxylic acids is 1. The first-order valence-corrected chi connectivity index (χ1v) is 11.4. The van der Waals surface area contributed by atoms with Crippen LogP contribution in [0.2, 0.25) is 0 Å². The van der Waals surface area contributed by atoms with E-state index in [9.17, 15) is 14.9 Å². The van der Waals surface area contributed by atoms with Gasteiger partial charge in [0.15, 0.2) is 23.0 Å². The molecule has 0 saturated heterocycles. The minimum atomic E-state index is -0.480. The summed E-state index contributed by atoms with van der Waals surface area (Å²) in [7, 11) is 4.70. The molecule has 1 aliphatic heterocycles. The zero-order valence-electron chi connectivity index (χ0n) is 20.6. The van der Waals surface area contributed by atoms with Gasteiger partial charge in [0, 0.05) is 23.7 Å². The molecule has 1 heterocycles. The van der Waals surface area contributed by atoms with Crippen molar-refractivity contribution in [3.8, 4) is 23.0 Å². The number of carbonyl (C=O) groups is 1. The minimum absolute atomic E-state index is 0.0912. The zero-order chi connectivity index (χ0) is 25.8. The summed E-state index contributed by atoms with van der Waals surface area (Å²) in [6.07, 6.45) is 0.584. The Kier molecular flexibility index (Phi) is 7.28. The summed E-state index contributed by atoms with van der Waals surface area (Å²) in [4.78, 5) is 26.4. The van der Waals surface area contributed by atoms with Crippen molar-refractivity contribution in [1.82, 2.24) is 4.90 Å². The monoisotopic (exact) mass is 492 g/mol. The fourth-order valence-corrected chi connectivity index (χ4v) is 4.46. The van der Waals surface area contributed by atoms with Gasteiger partial charge < -0.3 is 23.8 Å². The van der Waals surface area contributed by atoms with Crippen molar-refractivity contribution in [3.63, 3.8) is 0 Å². The van der Waals surface area contributed by atoms with Gasteiger partial charge in [-0.25, -0.2) is 0 Å². The van der Waals surface area contributed by atoms with Crippen LogP contribution >= 0.6 is 0 Å². The highest BCUT2D eigenvalue weighted by Gasteiger charge is 2.34.